The van der Waals surface area contributed by atoms with Crippen LogP contribution in [0, 0.1) is 6.92 Å². The molecule has 0 bridgehead atoms. The average Bonchev–Trinajstić information content (AvgIpc) is 3.23. The van der Waals surface area contributed by atoms with Crippen LogP contribution in [0.5, 0.6) is 0 Å². The van der Waals surface area contributed by atoms with E-state index < -0.39 is 0 Å². The highest BCUT2D eigenvalue weighted by molar-refractivity contribution is 5.75. The number of hydrogen-bond acceptors (Lipinski definition) is 5. The number of morpholine rings is 1. The summed E-state index contributed by atoms with van der Waals surface area (Å²) >= 11 is 0. The van der Waals surface area contributed by atoms with Gasteiger partial charge in [-0.2, -0.15) is 0 Å². The molecular weight excluding hydrogens is 328 g/mol. The number of nitrogens with one attached hydrogen (secondary N) is 1. The number of para-hydroxylation sites is 2. The molecule has 1 saturated heterocycles. The van der Waals surface area contributed by atoms with Crippen molar-refractivity contribution in [3.63, 3.8) is 0 Å². The zero-order chi connectivity index (χ0) is 17.9. The number of nitrogens with zero attached hydrogens (tertiary/aromatic N) is 3. The van der Waals surface area contributed by atoms with Crippen molar-refractivity contribution >= 4 is 11.0 Å². The van der Waals surface area contributed by atoms with E-state index in [0.717, 1.165) is 67.8 Å². The smallest absolute Gasteiger partial charge is 0.123 e. The molecule has 1 aliphatic heterocycles. The van der Waals surface area contributed by atoms with Crippen LogP contribution in [0.2, 0.25) is 0 Å². The van der Waals surface area contributed by atoms with Crippen LogP contribution >= 0.6 is 0 Å². The molecule has 6 nitrogen and oxygen atoms in total. The van der Waals surface area contributed by atoms with Crippen LogP contribution in [0.25, 0.3) is 11.0 Å². The van der Waals surface area contributed by atoms with Gasteiger partial charge in [-0.1, -0.05) is 12.1 Å². The van der Waals surface area contributed by atoms with Crippen molar-refractivity contribution in [3.8, 4) is 0 Å². The van der Waals surface area contributed by atoms with Crippen LogP contribution in [0.1, 0.15) is 23.4 Å². The van der Waals surface area contributed by atoms with E-state index in [-0.39, 0.29) is 6.04 Å². The summed E-state index contributed by atoms with van der Waals surface area (Å²) in [5.74, 6) is 3.01. The number of aromatic nitrogens is 2. The fourth-order valence-electron chi connectivity index (χ4n) is 3.61. The van der Waals surface area contributed by atoms with Crippen molar-refractivity contribution in [2.45, 2.75) is 19.5 Å². The maximum atomic E-state index is 5.93. The number of hydrogen-bond donors (Lipinski definition) is 1. The second-order valence-corrected chi connectivity index (χ2v) is 6.82. The molecule has 0 aliphatic carbocycles. The molecule has 138 valence electrons. The first-order valence-corrected chi connectivity index (χ1v) is 9.21. The molecule has 1 fully saturated rings. The highest BCUT2D eigenvalue weighted by Gasteiger charge is 2.25. The predicted octanol–water partition coefficient (Wildman–Crippen LogP) is 2.64. The Morgan fingerprint density at radius 1 is 1.15 bits per heavy atom. The van der Waals surface area contributed by atoms with E-state index in [9.17, 15) is 0 Å². The van der Waals surface area contributed by atoms with Crippen molar-refractivity contribution in [1.29, 1.82) is 0 Å². The summed E-state index contributed by atoms with van der Waals surface area (Å²) in [5.41, 5.74) is 2.20. The van der Waals surface area contributed by atoms with Crippen LogP contribution in [0.3, 0.4) is 0 Å². The minimum atomic E-state index is 0.210. The van der Waals surface area contributed by atoms with E-state index in [1.807, 2.05) is 19.1 Å². The Morgan fingerprint density at radius 3 is 2.69 bits per heavy atom. The molecule has 0 spiro atoms. The lowest BCUT2D eigenvalue weighted by Gasteiger charge is -2.33. The maximum Gasteiger partial charge on any atom is 0.123 e. The average molecular weight is 354 g/mol. The first kappa shape index (κ1) is 17.3. The summed E-state index contributed by atoms with van der Waals surface area (Å²) in [5, 5.41) is 3.58. The third-order valence-electron chi connectivity index (χ3n) is 5.08. The summed E-state index contributed by atoms with van der Waals surface area (Å²) in [4.78, 5) is 7.18. The van der Waals surface area contributed by atoms with Gasteiger partial charge in [-0.15, -0.1) is 0 Å². The largest absolute Gasteiger partial charge is 0.465 e. The summed E-state index contributed by atoms with van der Waals surface area (Å²) in [7, 11) is 2.07. The quantitative estimate of drug-likeness (QED) is 0.737. The van der Waals surface area contributed by atoms with Crippen molar-refractivity contribution in [1.82, 2.24) is 19.8 Å². The topological polar surface area (TPSA) is 55.5 Å². The Hall–Kier alpha value is -2.15. The van der Waals surface area contributed by atoms with E-state index in [1.54, 1.807) is 0 Å². The number of benzene rings is 1. The highest BCUT2D eigenvalue weighted by atomic mass is 16.5. The van der Waals surface area contributed by atoms with Gasteiger partial charge in [-0.25, -0.2) is 4.98 Å². The molecule has 6 heteroatoms. The lowest BCUT2D eigenvalue weighted by molar-refractivity contribution is 0.0114. The van der Waals surface area contributed by atoms with Gasteiger partial charge in [0.25, 0.3) is 0 Å². The highest BCUT2D eigenvalue weighted by Crippen LogP contribution is 2.23. The first-order chi connectivity index (χ1) is 12.7. The van der Waals surface area contributed by atoms with Gasteiger partial charge in [0.1, 0.15) is 17.3 Å². The Balaban J connectivity index is 1.46. The zero-order valence-corrected chi connectivity index (χ0v) is 15.4. The predicted molar refractivity (Wildman–Crippen MR) is 101 cm³/mol. The van der Waals surface area contributed by atoms with Gasteiger partial charge in [0.05, 0.1) is 36.8 Å². The standard InChI is InChI=1S/C20H26N4O2/c1-15-7-8-19(26-15)18(24-9-11-25-12-10-24)13-21-14-20-22-16-5-3-4-6-17(16)23(20)2/h3-8,18,21H,9-14H2,1-2H3/t18-/m0/s1. The van der Waals surface area contributed by atoms with Gasteiger partial charge in [0.2, 0.25) is 0 Å². The molecule has 0 saturated carbocycles. The monoisotopic (exact) mass is 354 g/mol. The molecule has 0 radical (unpaired) electrons. The van der Waals surface area contributed by atoms with E-state index in [2.05, 4.69) is 46.1 Å². The number of ether oxygens (including phenoxy) is 1. The number of aryl methyl sites for hydroxylation is 2. The van der Waals surface area contributed by atoms with Gasteiger partial charge >= 0.3 is 0 Å². The Morgan fingerprint density at radius 2 is 1.96 bits per heavy atom. The maximum absolute atomic E-state index is 5.93. The molecular formula is C20H26N4O2. The van der Waals surface area contributed by atoms with E-state index >= 15 is 0 Å². The Labute approximate surface area is 153 Å². The van der Waals surface area contributed by atoms with Crippen molar-refractivity contribution in [2.24, 2.45) is 7.05 Å². The van der Waals surface area contributed by atoms with Crippen LogP contribution < -0.4 is 5.32 Å². The van der Waals surface area contributed by atoms with Gasteiger partial charge < -0.3 is 19.0 Å². The number of furan rings is 1. The summed E-state index contributed by atoms with van der Waals surface area (Å²) in [6.45, 7) is 6.95. The SMILES string of the molecule is Cc1ccc([C@H](CNCc2nc3ccccc3n2C)N2CCOCC2)o1. The summed E-state index contributed by atoms with van der Waals surface area (Å²) in [6.07, 6.45) is 0. The van der Waals surface area contributed by atoms with E-state index in [1.165, 1.54) is 0 Å². The van der Waals surface area contributed by atoms with Crippen molar-refractivity contribution in [2.75, 3.05) is 32.8 Å². The molecule has 0 amide bonds. The van der Waals surface area contributed by atoms with Crippen LogP contribution in [-0.2, 0) is 18.3 Å². The zero-order valence-electron chi connectivity index (χ0n) is 15.4. The second-order valence-electron chi connectivity index (χ2n) is 6.82. The lowest BCUT2D eigenvalue weighted by atomic mass is 10.1. The Bertz CT molecular complexity index is 864. The van der Waals surface area contributed by atoms with Crippen molar-refractivity contribution < 1.29 is 9.15 Å². The molecule has 1 N–H and O–H groups in total. The van der Waals surface area contributed by atoms with Crippen LogP contribution in [0.4, 0.5) is 0 Å². The van der Waals surface area contributed by atoms with E-state index in [4.69, 9.17) is 14.1 Å². The normalized spacial score (nSPS) is 17.0. The third kappa shape index (κ3) is 3.53. The lowest BCUT2D eigenvalue weighted by Crippen LogP contribution is -2.42. The summed E-state index contributed by atoms with van der Waals surface area (Å²) in [6, 6.07) is 12.6. The number of fused-ring (bicyclic) bond motifs is 1. The van der Waals surface area contributed by atoms with Gasteiger partial charge in [0.15, 0.2) is 0 Å². The molecule has 2 aromatic heterocycles. The van der Waals surface area contributed by atoms with Crippen molar-refractivity contribution in [3.05, 3.63) is 53.7 Å². The number of rotatable bonds is 6. The minimum absolute atomic E-state index is 0.210. The molecule has 3 heterocycles. The molecule has 1 aliphatic rings. The molecule has 4 rings (SSSR count). The van der Waals surface area contributed by atoms with E-state index in [0.29, 0.717) is 0 Å². The second kappa shape index (κ2) is 7.61. The van der Waals surface area contributed by atoms with Gasteiger partial charge in [-0.3, -0.25) is 4.90 Å². The van der Waals surface area contributed by atoms with Gasteiger partial charge in [-0.05, 0) is 31.2 Å². The molecule has 0 unspecified atom stereocenters. The fraction of sp³-hybridized carbons (Fsp3) is 0.450. The summed E-state index contributed by atoms with van der Waals surface area (Å²) < 4.78 is 13.6. The molecule has 1 aromatic carbocycles. The number of imidazole rings is 1. The molecule has 26 heavy (non-hydrogen) atoms. The van der Waals surface area contributed by atoms with Gasteiger partial charge in [0, 0.05) is 26.7 Å². The molecule has 1 atom stereocenters. The van der Waals surface area contributed by atoms with Crippen LogP contribution in [-0.4, -0.2) is 47.3 Å². The molecule has 3 aromatic rings. The minimum Gasteiger partial charge on any atom is -0.465 e. The Kier molecular flexibility index (Phi) is 5.06. The fourth-order valence-corrected chi connectivity index (χ4v) is 3.61. The first-order valence-electron chi connectivity index (χ1n) is 9.21. The van der Waals surface area contributed by atoms with Crippen LogP contribution in [0.15, 0.2) is 40.8 Å². The third-order valence-corrected chi connectivity index (χ3v) is 5.08.